The fraction of sp³-hybridized carbons (Fsp3) is 0.133. The van der Waals surface area contributed by atoms with Crippen molar-refractivity contribution in [2.24, 2.45) is 0 Å². The molecule has 0 saturated carbocycles. The van der Waals surface area contributed by atoms with Crippen molar-refractivity contribution >= 4 is 28.7 Å². The van der Waals surface area contributed by atoms with Crippen molar-refractivity contribution in [2.45, 2.75) is 6.42 Å². The average molecular weight is 497 g/mol. The highest BCUT2D eigenvalue weighted by atomic mass is 16.5. The summed E-state index contributed by atoms with van der Waals surface area (Å²) >= 11 is 0. The Labute approximate surface area is 215 Å². The minimum Gasteiger partial charge on any atom is -0.497 e. The molecule has 0 aromatic heterocycles. The van der Waals surface area contributed by atoms with E-state index in [0.717, 1.165) is 27.6 Å². The molecule has 0 bridgehead atoms. The van der Waals surface area contributed by atoms with Gasteiger partial charge in [-0.15, -0.1) is 0 Å². The van der Waals surface area contributed by atoms with Crippen LogP contribution in [0.4, 0.5) is 0 Å². The van der Waals surface area contributed by atoms with Crippen LogP contribution < -0.4 is 20.3 Å². The maximum absolute atomic E-state index is 13.2. The smallest absolute Gasteiger partial charge is 0.274 e. The molecule has 7 nitrogen and oxygen atoms in total. The molecule has 0 saturated heterocycles. The van der Waals surface area contributed by atoms with Crippen LogP contribution in [0.3, 0.4) is 0 Å². The molecule has 0 fully saturated rings. The summed E-state index contributed by atoms with van der Waals surface area (Å²) < 4.78 is 11.3. The number of hydrogen-bond acceptors (Lipinski definition) is 5. The summed E-state index contributed by atoms with van der Waals surface area (Å²) in [6.07, 6.45) is 2.40. The number of hydrogen-bond donors (Lipinski definition) is 3. The van der Waals surface area contributed by atoms with Gasteiger partial charge < -0.3 is 14.8 Å². The van der Waals surface area contributed by atoms with Crippen LogP contribution in [0.25, 0.3) is 16.8 Å². The van der Waals surface area contributed by atoms with Crippen LogP contribution in [0, 0.1) is 0 Å². The molecule has 0 aliphatic heterocycles. The van der Waals surface area contributed by atoms with Crippen molar-refractivity contribution in [3.05, 3.63) is 113 Å². The number of carbonyl (C=O) groups is 2. The fourth-order valence-corrected chi connectivity index (χ4v) is 3.87. The van der Waals surface area contributed by atoms with Gasteiger partial charge in [0, 0.05) is 17.5 Å². The Morgan fingerprint density at radius 3 is 2.35 bits per heavy atom. The molecule has 4 rings (SSSR count). The number of carbonyl (C=O) groups excluding carboxylic acids is 2. The lowest BCUT2D eigenvalue weighted by Gasteiger charge is -2.13. The molecule has 3 N–H and O–H groups in total. The molecule has 37 heavy (non-hydrogen) atoms. The first-order valence-corrected chi connectivity index (χ1v) is 11.8. The SMILES string of the molecule is COc1ccc(CCNC(=O)C(=Cc2ccc(C(=O)NO)cc2)COc2cccc3ccccc23)cc1. The molecule has 0 atom stereocenters. The Morgan fingerprint density at radius 1 is 0.892 bits per heavy atom. The molecule has 0 radical (unpaired) electrons. The Hall–Kier alpha value is -4.62. The van der Waals surface area contributed by atoms with Crippen molar-refractivity contribution in [1.29, 1.82) is 0 Å². The maximum Gasteiger partial charge on any atom is 0.274 e. The third-order valence-corrected chi connectivity index (χ3v) is 5.90. The minimum absolute atomic E-state index is 0.0568. The first kappa shape index (κ1) is 25.5. The zero-order chi connectivity index (χ0) is 26.0. The molecule has 4 aromatic carbocycles. The van der Waals surface area contributed by atoms with Crippen molar-refractivity contribution in [3.63, 3.8) is 0 Å². The van der Waals surface area contributed by atoms with Crippen molar-refractivity contribution < 1.29 is 24.3 Å². The molecule has 4 aromatic rings. The lowest BCUT2D eigenvalue weighted by atomic mass is 10.1. The van der Waals surface area contributed by atoms with Gasteiger partial charge >= 0.3 is 0 Å². The molecule has 7 heteroatoms. The summed E-state index contributed by atoms with van der Waals surface area (Å²) in [5.74, 6) is 0.619. The van der Waals surface area contributed by atoms with Crippen LogP contribution in [-0.4, -0.2) is 37.3 Å². The van der Waals surface area contributed by atoms with E-state index in [1.807, 2.05) is 66.7 Å². The molecule has 0 unspecified atom stereocenters. The van der Waals surface area contributed by atoms with Gasteiger partial charge in [0.15, 0.2) is 0 Å². The summed E-state index contributed by atoms with van der Waals surface area (Å²) in [7, 11) is 1.62. The van der Waals surface area contributed by atoms with Crippen LogP contribution in [0.15, 0.2) is 96.6 Å². The van der Waals surface area contributed by atoms with E-state index in [1.165, 1.54) is 0 Å². The van der Waals surface area contributed by atoms with Gasteiger partial charge in [0.05, 0.1) is 12.7 Å². The highest BCUT2D eigenvalue weighted by molar-refractivity contribution is 5.98. The number of fused-ring (bicyclic) bond motifs is 1. The third-order valence-electron chi connectivity index (χ3n) is 5.90. The summed E-state index contributed by atoms with van der Waals surface area (Å²) in [4.78, 5) is 24.8. The lowest BCUT2D eigenvalue weighted by molar-refractivity contribution is -0.117. The fourth-order valence-electron chi connectivity index (χ4n) is 3.87. The zero-order valence-electron chi connectivity index (χ0n) is 20.4. The van der Waals surface area contributed by atoms with Gasteiger partial charge in [-0.2, -0.15) is 0 Å². The molecule has 2 amide bonds. The quantitative estimate of drug-likeness (QED) is 0.167. The van der Waals surface area contributed by atoms with Crippen LogP contribution in [0.2, 0.25) is 0 Å². The topological polar surface area (TPSA) is 96.9 Å². The van der Waals surface area contributed by atoms with E-state index < -0.39 is 5.91 Å². The molecule has 188 valence electrons. The summed E-state index contributed by atoms with van der Waals surface area (Å²) in [6, 6.07) is 28.0. The van der Waals surface area contributed by atoms with E-state index in [-0.39, 0.29) is 12.5 Å². The van der Waals surface area contributed by atoms with Crippen LogP contribution in [0.1, 0.15) is 21.5 Å². The predicted octanol–water partition coefficient (Wildman–Crippen LogP) is 4.79. The van der Waals surface area contributed by atoms with E-state index >= 15 is 0 Å². The van der Waals surface area contributed by atoms with Gasteiger partial charge in [0.2, 0.25) is 0 Å². The van der Waals surface area contributed by atoms with E-state index in [0.29, 0.717) is 29.9 Å². The number of amides is 2. The molecule has 0 aliphatic rings. The van der Waals surface area contributed by atoms with E-state index in [4.69, 9.17) is 14.7 Å². The normalized spacial score (nSPS) is 11.1. The first-order valence-electron chi connectivity index (χ1n) is 11.8. The second-order valence-corrected chi connectivity index (χ2v) is 8.35. The minimum atomic E-state index is -0.605. The number of ether oxygens (including phenoxy) is 2. The molecule has 0 aliphatic carbocycles. The van der Waals surface area contributed by atoms with Gasteiger partial charge in [0.25, 0.3) is 11.8 Å². The van der Waals surface area contributed by atoms with E-state index in [9.17, 15) is 9.59 Å². The number of nitrogens with one attached hydrogen (secondary N) is 2. The van der Waals surface area contributed by atoms with Crippen LogP contribution in [-0.2, 0) is 11.2 Å². The Balaban J connectivity index is 1.50. The van der Waals surface area contributed by atoms with Gasteiger partial charge in [-0.3, -0.25) is 14.8 Å². The zero-order valence-corrected chi connectivity index (χ0v) is 20.4. The van der Waals surface area contributed by atoms with Crippen molar-refractivity contribution in [1.82, 2.24) is 10.8 Å². The molecule has 0 heterocycles. The number of benzene rings is 4. The van der Waals surface area contributed by atoms with Gasteiger partial charge in [0.1, 0.15) is 18.1 Å². The summed E-state index contributed by atoms with van der Waals surface area (Å²) in [6.45, 7) is 0.508. The monoisotopic (exact) mass is 496 g/mol. The lowest BCUT2D eigenvalue weighted by Crippen LogP contribution is -2.29. The van der Waals surface area contributed by atoms with Crippen molar-refractivity contribution in [2.75, 3.05) is 20.3 Å². The van der Waals surface area contributed by atoms with Gasteiger partial charge in [-0.05, 0) is 59.3 Å². The molecule has 0 spiro atoms. The summed E-state index contributed by atoms with van der Waals surface area (Å²) in [5, 5.41) is 13.8. The maximum atomic E-state index is 13.2. The second kappa shape index (κ2) is 12.4. The molecular formula is C30H28N2O5. The summed E-state index contributed by atoms with van der Waals surface area (Å²) in [5.41, 5.74) is 4.14. The van der Waals surface area contributed by atoms with E-state index in [1.54, 1.807) is 42.9 Å². The Kier molecular flexibility index (Phi) is 8.52. The number of methoxy groups -OCH3 is 1. The van der Waals surface area contributed by atoms with Crippen LogP contribution >= 0.6 is 0 Å². The number of rotatable bonds is 10. The highest BCUT2D eigenvalue weighted by Crippen LogP contribution is 2.25. The third kappa shape index (κ3) is 6.74. The van der Waals surface area contributed by atoms with E-state index in [2.05, 4.69) is 5.32 Å². The largest absolute Gasteiger partial charge is 0.497 e. The second-order valence-electron chi connectivity index (χ2n) is 8.35. The standard InChI is InChI=1S/C30H28N2O5/c1-36-26-15-11-21(12-16-26)17-18-31-29(33)25(19-22-9-13-24(14-10-22)30(34)32-35)20-37-28-8-4-6-23-5-2-3-7-27(23)28/h2-16,19,35H,17-18,20H2,1H3,(H,31,33)(H,32,34). The Morgan fingerprint density at radius 2 is 1.62 bits per heavy atom. The molecular weight excluding hydrogens is 468 g/mol. The van der Waals surface area contributed by atoms with Gasteiger partial charge in [-0.1, -0.05) is 60.7 Å². The first-order chi connectivity index (χ1) is 18.1. The average Bonchev–Trinajstić information content (AvgIpc) is 2.95. The van der Waals surface area contributed by atoms with Crippen LogP contribution in [0.5, 0.6) is 11.5 Å². The Bertz CT molecular complexity index is 1390. The predicted molar refractivity (Wildman–Crippen MR) is 143 cm³/mol. The highest BCUT2D eigenvalue weighted by Gasteiger charge is 2.13. The van der Waals surface area contributed by atoms with Gasteiger partial charge in [-0.25, -0.2) is 5.48 Å². The number of hydroxylamine groups is 1. The van der Waals surface area contributed by atoms with Crippen molar-refractivity contribution in [3.8, 4) is 11.5 Å².